The molecule has 8 nitrogen and oxygen atoms in total. The van der Waals surface area contributed by atoms with Crippen molar-refractivity contribution in [1.82, 2.24) is 10.2 Å². The normalized spacial score (nSPS) is 14.7. The first kappa shape index (κ1) is 22.3. The van der Waals surface area contributed by atoms with Gasteiger partial charge in [-0.2, -0.15) is 0 Å². The van der Waals surface area contributed by atoms with E-state index in [1.54, 1.807) is 12.1 Å². The number of Topliss-reactive ketones (excluding diaryl/α,β-unsaturated/α-hetero) is 1. The molecule has 8 heteroatoms. The first-order chi connectivity index (χ1) is 15.0. The van der Waals surface area contributed by atoms with E-state index in [0.29, 0.717) is 5.56 Å². The van der Waals surface area contributed by atoms with Crippen LogP contribution in [0.15, 0.2) is 54.6 Å². The van der Waals surface area contributed by atoms with Gasteiger partial charge < -0.3 is 25.1 Å². The highest BCUT2D eigenvalue weighted by atomic mass is 16.3. The lowest BCUT2D eigenvalue weighted by atomic mass is 10.1. The number of likely N-dealkylation sites (N-methyl/N-ethyl adjacent to an activating group) is 2. The van der Waals surface area contributed by atoms with E-state index in [1.807, 2.05) is 30.3 Å². The minimum absolute atomic E-state index is 0.369. The van der Waals surface area contributed by atoms with E-state index in [4.69, 9.17) is 5.11 Å². The van der Waals surface area contributed by atoms with Gasteiger partial charge in [0.25, 0.3) is 5.91 Å². The van der Waals surface area contributed by atoms with Gasteiger partial charge in [0.05, 0.1) is 0 Å². The fourth-order valence-corrected chi connectivity index (χ4v) is 3.76. The molecule has 0 bridgehead atoms. The number of hydrogen-bond donors (Lipinski definition) is 2. The molecule has 0 aliphatic carbocycles. The van der Waals surface area contributed by atoms with E-state index in [9.17, 15) is 14.4 Å². The quantitative estimate of drug-likeness (QED) is 0.638. The van der Waals surface area contributed by atoms with E-state index < -0.39 is 30.2 Å². The zero-order valence-corrected chi connectivity index (χ0v) is 17.8. The largest absolute Gasteiger partial charge is 0.388 e. The number of hydrogen-bond acceptors (Lipinski definition) is 6. The van der Waals surface area contributed by atoms with Gasteiger partial charge in [0, 0.05) is 57.2 Å². The Morgan fingerprint density at radius 1 is 0.935 bits per heavy atom. The summed E-state index contributed by atoms with van der Waals surface area (Å²) in [6.07, 6.45) is 0. The van der Waals surface area contributed by atoms with E-state index in [-0.39, 0.29) is 0 Å². The van der Waals surface area contributed by atoms with E-state index in [2.05, 4.69) is 27.2 Å². The Bertz CT molecular complexity index is 893. The third kappa shape index (κ3) is 5.03. The zero-order valence-electron chi connectivity index (χ0n) is 17.8. The molecular formula is C23H28N4O4. The van der Waals surface area contributed by atoms with Crippen molar-refractivity contribution in [3.8, 4) is 0 Å². The molecule has 1 fully saturated rings. The first-order valence-electron chi connectivity index (χ1n) is 10.2. The van der Waals surface area contributed by atoms with Gasteiger partial charge in [0.2, 0.25) is 5.91 Å². The summed E-state index contributed by atoms with van der Waals surface area (Å²) in [5.74, 6) is -1.83. The summed E-state index contributed by atoms with van der Waals surface area (Å²) in [5.41, 5.74) is 2.60. The number of nitrogens with zero attached hydrogens (tertiary/aromatic N) is 3. The number of para-hydroxylation sites is 1. The van der Waals surface area contributed by atoms with Crippen LogP contribution in [0.1, 0.15) is 10.4 Å². The van der Waals surface area contributed by atoms with Gasteiger partial charge in [-0.05, 0) is 36.4 Å². The lowest BCUT2D eigenvalue weighted by Crippen LogP contribution is -2.52. The number of anilines is 2. The van der Waals surface area contributed by atoms with Crippen LogP contribution >= 0.6 is 0 Å². The van der Waals surface area contributed by atoms with Gasteiger partial charge in [-0.15, -0.1) is 0 Å². The molecule has 0 radical (unpaired) electrons. The fraction of sp³-hybridized carbons (Fsp3) is 0.348. The number of amides is 2. The number of piperazine rings is 1. The molecule has 0 saturated carbocycles. The lowest BCUT2D eigenvalue weighted by molar-refractivity contribution is -0.135. The zero-order chi connectivity index (χ0) is 22.4. The molecule has 1 saturated heterocycles. The van der Waals surface area contributed by atoms with E-state index in [1.165, 1.54) is 19.8 Å². The smallest absolute Gasteiger partial charge is 0.254 e. The number of benzene rings is 2. The summed E-state index contributed by atoms with van der Waals surface area (Å²) in [4.78, 5) is 42.5. The molecule has 2 aromatic carbocycles. The Kier molecular flexibility index (Phi) is 7.25. The first-order valence-corrected chi connectivity index (χ1v) is 10.2. The van der Waals surface area contributed by atoms with Gasteiger partial charge in [0.1, 0.15) is 6.61 Å². The number of ketones is 1. The molecule has 1 atom stereocenters. The number of aliphatic hydroxyl groups excluding tert-OH is 1. The lowest BCUT2D eigenvalue weighted by Gasteiger charge is -2.37. The molecule has 1 unspecified atom stereocenters. The topological polar surface area (TPSA) is 93.2 Å². The molecule has 31 heavy (non-hydrogen) atoms. The molecule has 3 rings (SSSR count). The number of aliphatic hydroxyl groups is 1. The van der Waals surface area contributed by atoms with Crippen molar-refractivity contribution in [2.75, 3.05) is 56.7 Å². The number of carbonyl (C=O) groups is 3. The van der Waals surface area contributed by atoms with Gasteiger partial charge in [0.15, 0.2) is 11.8 Å². The maximum absolute atomic E-state index is 12.8. The minimum atomic E-state index is -1.37. The Labute approximate surface area is 182 Å². The summed E-state index contributed by atoms with van der Waals surface area (Å²) in [7, 11) is 2.76. The molecule has 2 N–H and O–H groups in total. The fourth-order valence-electron chi connectivity index (χ4n) is 3.76. The molecule has 164 valence electrons. The van der Waals surface area contributed by atoms with Gasteiger partial charge in [-0.3, -0.25) is 14.4 Å². The second-order valence-corrected chi connectivity index (χ2v) is 7.41. The van der Waals surface area contributed by atoms with Crippen LogP contribution in [0.4, 0.5) is 11.4 Å². The highest BCUT2D eigenvalue weighted by Crippen LogP contribution is 2.21. The molecule has 1 aliphatic heterocycles. The Balaban J connectivity index is 1.65. The monoisotopic (exact) mass is 424 g/mol. The van der Waals surface area contributed by atoms with Crippen LogP contribution in [0.25, 0.3) is 0 Å². The Morgan fingerprint density at radius 2 is 1.45 bits per heavy atom. The summed E-state index contributed by atoms with van der Waals surface area (Å²) >= 11 is 0. The van der Waals surface area contributed by atoms with Gasteiger partial charge >= 0.3 is 0 Å². The van der Waals surface area contributed by atoms with Crippen molar-refractivity contribution >= 4 is 29.0 Å². The third-order valence-electron chi connectivity index (χ3n) is 5.54. The summed E-state index contributed by atoms with van der Waals surface area (Å²) in [5, 5.41) is 11.5. The molecule has 0 spiro atoms. The second kappa shape index (κ2) is 10.1. The Morgan fingerprint density at radius 3 is 1.94 bits per heavy atom. The van der Waals surface area contributed by atoms with Gasteiger partial charge in [-0.25, -0.2) is 0 Å². The molecule has 1 aliphatic rings. The highest BCUT2D eigenvalue weighted by molar-refractivity contribution is 6.10. The van der Waals surface area contributed by atoms with Crippen molar-refractivity contribution in [2.24, 2.45) is 0 Å². The molecule has 2 amide bonds. The molecule has 2 aromatic rings. The van der Waals surface area contributed by atoms with Crippen LogP contribution in [-0.2, 0) is 9.59 Å². The van der Waals surface area contributed by atoms with Gasteiger partial charge in [-0.1, -0.05) is 18.2 Å². The number of nitrogens with one attached hydrogen (secondary N) is 1. The van der Waals surface area contributed by atoms with Crippen molar-refractivity contribution < 1.29 is 19.5 Å². The minimum Gasteiger partial charge on any atom is -0.388 e. The molecular weight excluding hydrogens is 396 g/mol. The summed E-state index contributed by atoms with van der Waals surface area (Å²) < 4.78 is 0. The molecule has 0 aromatic heterocycles. The summed E-state index contributed by atoms with van der Waals surface area (Å²) in [6, 6.07) is 16.1. The van der Waals surface area contributed by atoms with E-state index >= 15 is 0 Å². The van der Waals surface area contributed by atoms with Crippen molar-refractivity contribution in [1.29, 1.82) is 0 Å². The van der Waals surface area contributed by atoms with Crippen molar-refractivity contribution in [3.05, 3.63) is 60.2 Å². The summed E-state index contributed by atoms with van der Waals surface area (Å²) in [6.45, 7) is 2.73. The number of carbonyl (C=O) groups excluding carboxylic acids is 3. The van der Waals surface area contributed by atoms with Crippen LogP contribution in [0.2, 0.25) is 0 Å². The molecule has 1 heterocycles. The predicted octanol–water partition coefficient (Wildman–Crippen LogP) is 0.761. The van der Waals surface area contributed by atoms with Crippen LogP contribution in [-0.4, -0.2) is 80.5 Å². The second-order valence-electron chi connectivity index (χ2n) is 7.41. The third-order valence-corrected chi connectivity index (χ3v) is 5.54. The van der Waals surface area contributed by atoms with Crippen LogP contribution < -0.4 is 15.1 Å². The number of rotatable bonds is 7. The maximum atomic E-state index is 12.8. The van der Waals surface area contributed by atoms with Crippen molar-refractivity contribution in [3.63, 3.8) is 0 Å². The Hall–Kier alpha value is -3.39. The van der Waals surface area contributed by atoms with Crippen molar-refractivity contribution in [2.45, 2.75) is 6.04 Å². The SMILES string of the molecule is CNC(=O)C(C(=O)CO)N(C)C(=O)c1ccc(N2CCN(c3ccccc3)CC2)cc1. The maximum Gasteiger partial charge on any atom is 0.254 e. The van der Waals surface area contributed by atoms with Crippen LogP contribution in [0.3, 0.4) is 0 Å². The standard InChI is InChI=1S/C23H28N4O4/c1-24-22(30)21(20(29)16-28)25(2)23(31)17-8-10-19(11-9-17)27-14-12-26(13-15-27)18-6-4-3-5-7-18/h3-11,21,28H,12-16H2,1-2H3,(H,24,30). The average molecular weight is 425 g/mol. The average Bonchev–Trinajstić information content (AvgIpc) is 2.84. The van der Waals surface area contributed by atoms with Crippen LogP contribution in [0.5, 0.6) is 0 Å². The van der Waals surface area contributed by atoms with E-state index in [0.717, 1.165) is 36.8 Å². The predicted molar refractivity (Wildman–Crippen MR) is 119 cm³/mol. The van der Waals surface area contributed by atoms with Crippen LogP contribution in [0, 0.1) is 0 Å². The highest BCUT2D eigenvalue weighted by Gasteiger charge is 2.32.